The summed E-state index contributed by atoms with van der Waals surface area (Å²) in [5.41, 5.74) is 1.47. The number of allylic oxidation sites excluding steroid dienone is 1. The summed E-state index contributed by atoms with van der Waals surface area (Å²) >= 11 is 0. The van der Waals surface area contributed by atoms with Gasteiger partial charge in [0.15, 0.2) is 0 Å². The normalized spacial score (nSPS) is 17.7. The van der Waals surface area contributed by atoms with Crippen molar-refractivity contribution in [2.75, 3.05) is 13.7 Å². The Morgan fingerprint density at radius 3 is 2.50 bits per heavy atom. The Morgan fingerprint density at radius 2 is 2.05 bits per heavy atom. The van der Waals surface area contributed by atoms with Gasteiger partial charge >= 0.3 is 0 Å². The van der Waals surface area contributed by atoms with Crippen LogP contribution >= 0.6 is 0 Å². The molecular formula is C18H25NO3. The van der Waals surface area contributed by atoms with Gasteiger partial charge in [-0.05, 0) is 55.4 Å². The third kappa shape index (κ3) is 3.89. The van der Waals surface area contributed by atoms with Crippen molar-refractivity contribution >= 4 is 11.5 Å². The SMILES string of the molecule is CC/C(=C/C(=O)NC(C)(CO)C1CC1)c1ccc(OC)cc1. The fourth-order valence-electron chi connectivity index (χ4n) is 2.66. The first kappa shape index (κ1) is 16.6. The molecule has 4 heteroatoms. The summed E-state index contributed by atoms with van der Waals surface area (Å²) in [5.74, 6) is 1.04. The minimum atomic E-state index is -0.508. The fourth-order valence-corrected chi connectivity index (χ4v) is 2.66. The maximum absolute atomic E-state index is 12.3. The van der Waals surface area contributed by atoms with Gasteiger partial charge in [-0.3, -0.25) is 4.79 Å². The Labute approximate surface area is 132 Å². The van der Waals surface area contributed by atoms with Crippen molar-refractivity contribution < 1.29 is 14.6 Å². The van der Waals surface area contributed by atoms with E-state index in [1.54, 1.807) is 13.2 Å². The smallest absolute Gasteiger partial charge is 0.244 e. The zero-order valence-corrected chi connectivity index (χ0v) is 13.6. The minimum absolute atomic E-state index is 0.0265. The first-order chi connectivity index (χ1) is 10.5. The van der Waals surface area contributed by atoms with Crippen LogP contribution in [0.1, 0.15) is 38.7 Å². The van der Waals surface area contributed by atoms with Gasteiger partial charge in [0.25, 0.3) is 0 Å². The highest BCUT2D eigenvalue weighted by atomic mass is 16.5. The molecule has 0 spiro atoms. The van der Waals surface area contributed by atoms with Crippen LogP contribution in [0, 0.1) is 5.92 Å². The number of nitrogens with one attached hydrogen (secondary N) is 1. The van der Waals surface area contributed by atoms with Gasteiger partial charge in [0.2, 0.25) is 5.91 Å². The highest BCUT2D eigenvalue weighted by Gasteiger charge is 2.41. The number of hydrogen-bond acceptors (Lipinski definition) is 3. The number of aliphatic hydroxyl groups is 1. The van der Waals surface area contributed by atoms with Crippen LogP contribution in [0.4, 0.5) is 0 Å². The van der Waals surface area contributed by atoms with E-state index < -0.39 is 5.54 Å². The van der Waals surface area contributed by atoms with Gasteiger partial charge in [-0.15, -0.1) is 0 Å². The highest BCUT2D eigenvalue weighted by molar-refractivity contribution is 5.95. The molecule has 0 aliphatic heterocycles. The van der Waals surface area contributed by atoms with Crippen LogP contribution in [-0.4, -0.2) is 30.3 Å². The summed E-state index contributed by atoms with van der Waals surface area (Å²) in [6.45, 7) is 3.91. The summed E-state index contributed by atoms with van der Waals surface area (Å²) in [7, 11) is 1.63. The van der Waals surface area contributed by atoms with E-state index in [-0.39, 0.29) is 12.5 Å². The Morgan fingerprint density at radius 1 is 1.41 bits per heavy atom. The van der Waals surface area contributed by atoms with Crippen molar-refractivity contribution in [1.82, 2.24) is 5.32 Å². The lowest BCUT2D eigenvalue weighted by Crippen LogP contribution is -2.50. The number of hydrogen-bond donors (Lipinski definition) is 2. The Bertz CT molecular complexity index is 546. The van der Waals surface area contributed by atoms with Crippen LogP contribution in [0.5, 0.6) is 5.75 Å². The number of ether oxygens (including phenoxy) is 1. The van der Waals surface area contributed by atoms with Crippen molar-refractivity contribution in [3.05, 3.63) is 35.9 Å². The van der Waals surface area contributed by atoms with Gasteiger partial charge in [-0.25, -0.2) is 0 Å². The molecule has 1 saturated carbocycles. The molecule has 1 amide bonds. The van der Waals surface area contributed by atoms with E-state index in [2.05, 4.69) is 5.32 Å². The van der Waals surface area contributed by atoms with Crippen LogP contribution in [0.3, 0.4) is 0 Å². The topological polar surface area (TPSA) is 58.6 Å². The molecule has 1 aromatic carbocycles. The van der Waals surface area contributed by atoms with E-state index in [9.17, 15) is 9.90 Å². The molecule has 0 heterocycles. The molecule has 2 rings (SSSR count). The summed E-state index contributed by atoms with van der Waals surface area (Å²) < 4.78 is 5.15. The summed E-state index contributed by atoms with van der Waals surface area (Å²) in [6.07, 6.45) is 4.54. The Balaban J connectivity index is 2.11. The molecule has 2 N–H and O–H groups in total. The van der Waals surface area contributed by atoms with E-state index in [4.69, 9.17) is 4.74 Å². The van der Waals surface area contributed by atoms with Gasteiger partial charge < -0.3 is 15.2 Å². The lowest BCUT2D eigenvalue weighted by molar-refractivity contribution is -0.119. The maximum atomic E-state index is 12.3. The van der Waals surface area contributed by atoms with Gasteiger partial charge in [-0.1, -0.05) is 19.1 Å². The monoisotopic (exact) mass is 303 g/mol. The summed E-state index contributed by atoms with van der Waals surface area (Å²) in [6, 6.07) is 7.68. The van der Waals surface area contributed by atoms with Gasteiger partial charge in [0, 0.05) is 6.08 Å². The van der Waals surface area contributed by atoms with Crippen molar-refractivity contribution in [3.8, 4) is 5.75 Å². The fraction of sp³-hybridized carbons (Fsp3) is 0.500. The lowest BCUT2D eigenvalue weighted by atomic mass is 9.96. The number of aliphatic hydroxyl groups excluding tert-OH is 1. The van der Waals surface area contributed by atoms with Crippen molar-refractivity contribution in [2.24, 2.45) is 5.92 Å². The molecule has 1 unspecified atom stereocenters. The van der Waals surface area contributed by atoms with Crippen molar-refractivity contribution in [1.29, 1.82) is 0 Å². The van der Waals surface area contributed by atoms with Gasteiger partial charge in [-0.2, -0.15) is 0 Å². The first-order valence-corrected chi connectivity index (χ1v) is 7.80. The molecule has 22 heavy (non-hydrogen) atoms. The molecule has 4 nitrogen and oxygen atoms in total. The van der Waals surface area contributed by atoms with Gasteiger partial charge in [0.05, 0.1) is 19.3 Å². The zero-order chi connectivity index (χ0) is 16.2. The molecule has 1 aliphatic rings. The van der Waals surface area contributed by atoms with E-state index in [0.717, 1.165) is 36.1 Å². The lowest BCUT2D eigenvalue weighted by Gasteiger charge is -2.28. The molecule has 0 bridgehead atoms. The molecular weight excluding hydrogens is 278 g/mol. The highest BCUT2D eigenvalue weighted by Crippen LogP contribution is 2.39. The first-order valence-electron chi connectivity index (χ1n) is 7.80. The zero-order valence-electron chi connectivity index (χ0n) is 13.6. The summed E-state index contributed by atoms with van der Waals surface area (Å²) in [4.78, 5) is 12.3. The minimum Gasteiger partial charge on any atom is -0.497 e. The van der Waals surface area contributed by atoms with Crippen LogP contribution < -0.4 is 10.1 Å². The average molecular weight is 303 g/mol. The molecule has 0 saturated heterocycles. The van der Waals surface area contributed by atoms with Crippen molar-refractivity contribution in [2.45, 2.75) is 38.6 Å². The number of amides is 1. The second-order valence-corrected chi connectivity index (χ2v) is 6.09. The Kier molecular flexibility index (Phi) is 5.24. The van der Waals surface area contributed by atoms with Gasteiger partial charge in [0.1, 0.15) is 5.75 Å². The summed E-state index contributed by atoms with van der Waals surface area (Å²) in [5, 5.41) is 12.5. The number of rotatable bonds is 7. The molecule has 1 atom stereocenters. The third-order valence-corrected chi connectivity index (χ3v) is 4.36. The van der Waals surface area contributed by atoms with Crippen molar-refractivity contribution in [3.63, 3.8) is 0 Å². The quantitative estimate of drug-likeness (QED) is 0.762. The predicted octanol–water partition coefficient (Wildman–Crippen LogP) is 2.77. The molecule has 1 aromatic rings. The number of carbonyl (C=O) groups excluding carboxylic acids is 1. The Hall–Kier alpha value is -1.81. The molecule has 1 aliphatic carbocycles. The standard InChI is InChI=1S/C18H25NO3/c1-4-13(14-5-9-16(22-3)10-6-14)11-17(21)19-18(2,12-20)15-7-8-15/h5-6,9-11,15,20H,4,7-8,12H2,1-3H3,(H,19,21)/b13-11-. The average Bonchev–Trinajstić information content (AvgIpc) is 3.38. The van der Waals surface area contributed by atoms with E-state index >= 15 is 0 Å². The third-order valence-electron chi connectivity index (χ3n) is 4.36. The van der Waals surface area contributed by atoms with Crippen LogP contribution in [0.2, 0.25) is 0 Å². The van der Waals surface area contributed by atoms with Crippen LogP contribution in [-0.2, 0) is 4.79 Å². The van der Waals surface area contributed by atoms with E-state index in [0.29, 0.717) is 5.92 Å². The second-order valence-electron chi connectivity index (χ2n) is 6.09. The predicted molar refractivity (Wildman–Crippen MR) is 87.6 cm³/mol. The second kappa shape index (κ2) is 6.97. The molecule has 0 aromatic heterocycles. The van der Waals surface area contributed by atoms with E-state index in [1.165, 1.54) is 0 Å². The van der Waals surface area contributed by atoms with Crippen LogP contribution in [0.25, 0.3) is 5.57 Å². The number of methoxy groups -OCH3 is 1. The maximum Gasteiger partial charge on any atom is 0.244 e. The molecule has 0 radical (unpaired) electrons. The van der Waals surface area contributed by atoms with E-state index in [1.807, 2.05) is 38.1 Å². The number of benzene rings is 1. The van der Waals surface area contributed by atoms with Crippen LogP contribution in [0.15, 0.2) is 30.3 Å². The molecule has 1 fully saturated rings. The largest absolute Gasteiger partial charge is 0.497 e. The molecule has 120 valence electrons. The number of carbonyl (C=O) groups is 1.